The highest BCUT2D eigenvalue weighted by Crippen LogP contribution is 2.24. The van der Waals surface area contributed by atoms with E-state index >= 15 is 0 Å². The number of hydrogen-bond acceptors (Lipinski definition) is 5. The Kier molecular flexibility index (Phi) is 4.50. The molecule has 1 heterocycles. The Labute approximate surface area is 142 Å². The zero-order chi connectivity index (χ0) is 17.2. The summed E-state index contributed by atoms with van der Waals surface area (Å²) in [5, 5.41) is 2.08. The summed E-state index contributed by atoms with van der Waals surface area (Å²) in [6.07, 6.45) is 0. The van der Waals surface area contributed by atoms with Gasteiger partial charge in [-0.2, -0.15) is 0 Å². The van der Waals surface area contributed by atoms with Crippen molar-refractivity contribution in [2.75, 3.05) is 4.72 Å². The van der Waals surface area contributed by atoms with Gasteiger partial charge in [0.2, 0.25) is 0 Å². The van der Waals surface area contributed by atoms with E-state index in [0.29, 0.717) is 16.6 Å². The van der Waals surface area contributed by atoms with E-state index in [1.807, 2.05) is 0 Å². The van der Waals surface area contributed by atoms with E-state index in [2.05, 4.69) is 9.71 Å². The van der Waals surface area contributed by atoms with E-state index in [0.717, 1.165) is 5.69 Å². The van der Waals surface area contributed by atoms with Crippen LogP contribution in [0.1, 0.15) is 5.69 Å². The van der Waals surface area contributed by atoms with Crippen molar-refractivity contribution in [3.63, 3.8) is 0 Å². The SMILES string of the molecule is Cc1csc(NS(=O)(=O)c2ccc(Oc3ccc(F)cc3)cc2)n1. The maximum Gasteiger partial charge on any atom is 0.263 e. The molecule has 0 bridgehead atoms. The smallest absolute Gasteiger partial charge is 0.263 e. The Bertz CT molecular complexity index is 936. The molecule has 3 aromatic rings. The van der Waals surface area contributed by atoms with Crippen LogP contribution in [0, 0.1) is 12.7 Å². The highest BCUT2D eigenvalue weighted by molar-refractivity contribution is 7.93. The van der Waals surface area contributed by atoms with Gasteiger partial charge in [-0.25, -0.2) is 17.8 Å². The topological polar surface area (TPSA) is 68.3 Å². The maximum absolute atomic E-state index is 12.9. The van der Waals surface area contributed by atoms with Gasteiger partial charge in [0.25, 0.3) is 10.0 Å². The van der Waals surface area contributed by atoms with Crippen molar-refractivity contribution in [1.82, 2.24) is 4.98 Å². The maximum atomic E-state index is 12.9. The number of aryl methyl sites for hydroxylation is 1. The van der Waals surface area contributed by atoms with Gasteiger partial charge < -0.3 is 4.74 Å². The van der Waals surface area contributed by atoms with E-state index in [4.69, 9.17) is 4.74 Å². The summed E-state index contributed by atoms with van der Waals surface area (Å²) in [6.45, 7) is 1.79. The van der Waals surface area contributed by atoms with Crippen LogP contribution in [0.2, 0.25) is 0 Å². The molecule has 0 aliphatic heterocycles. The second-order valence-electron chi connectivity index (χ2n) is 4.93. The van der Waals surface area contributed by atoms with Gasteiger partial charge >= 0.3 is 0 Å². The molecular weight excluding hydrogens is 351 g/mol. The molecular formula is C16H13FN2O3S2. The molecule has 0 saturated carbocycles. The molecule has 0 radical (unpaired) electrons. The molecule has 3 rings (SSSR count). The van der Waals surface area contributed by atoms with Crippen LogP contribution in [-0.2, 0) is 10.0 Å². The lowest BCUT2D eigenvalue weighted by Gasteiger charge is -2.08. The summed E-state index contributed by atoms with van der Waals surface area (Å²) in [5.41, 5.74) is 0.751. The van der Waals surface area contributed by atoms with Gasteiger partial charge in [-0.1, -0.05) is 0 Å². The fourth-order valence-corrected chi connectivity index (χ4v) is 3.84. The van der Waals surface area contributed by atoms with Gasteiger partial charge in [-0.3, -0.25) is 4.72 Å². The first kappa shape index (κ1) is 16.4. The average molecular weight is 364 g/mol. The van der Waals surface area contributed by atoms with Crippen LogP contribution in [0.5, 0.6) is 11.5 Å². The summed E-state index contributed by atoms with van der Waals surface area (Å²) in [4.78, 5) is 4.17. The first-order valence-corrected chi connectivity index (χ1v) is 9.27. The van der Waals surface area contributed by atoms with Crippen molar-refractivity contribution in [3.8, 4) is 11.5 Å². The second kappa shape index (κ2) is 6.58. The lowest BCUT2D eigenvalue weighted by molar-refractivity contribution is 0.480. The fraction of sp³-hybridized carbons (Fsp3) is 0.0625. The van der Waals surface area contributed by atoms with E-state index in [-0.39, 0.29) is 10.7 Å². The molecule has 0 atom stereocenters. The van der Waals surface area contributed by atoms with Gasteiger partial charge in [0, 0.05) is 5.38 Å². The quantitative estimate of drug-likeness (QED) is 0.737. The number of sulfonamides is 1. The minimum Gasteiger partial charge on any atom is -0.457 e. The number of thiazole rings is 1. The minimum atomic E-state index is -3.70. The van der Waals surface area contributed by atoms with Crippen LogP contribution in [0.3, 0.4) is 0 Å². The minimum absolute atomic E-state index is 0.0989. The third-order valence-electron chi connectivity index (χ3n) is 3.02. The zero-order valence-corrected chi connectivity index (χ0v) is 14.2. The van der Waals surface area contributed by atoms with E-state index in [9.17, 15) is 12.8 Å². The Morgan fingerprint density at radius 1 is 1.04 bits per heavy atom. The first-order valence-electron chi connectivity index (χ1n) is 6.91. The average Bonchev–Trinajstić information content (AvgIpc) is 2.94. The number of aromatic nitrogens is 1. The molecule has 0 saturated heterocycles. The molecule has 0 spiro atoms. The molecule has 2 aromatic carbocycles. The normalized spacial score (nSPS) is 11.2. The van der Waals surface area contributed by atoms with Crippen molar-refractivity contribution in [2.45, 2.75) is 11.8 Å². The number of anilines is 1. The van der Waals surface area contributed by atoms with Gasteiger partial charge in [0.1, 0.15) is 17.3 Å². The highest BCUT2D eigenvalue weighted by atomic mass is 32.2. The van der Waals surface area contributed by atoms with Crippen molar-refractivity contribution in [3.05, 3.63) is 65.4 Å². The summed E-state index contributed by atoms with van der Waals surface area (Å²) < 4.78 is 45.4. The van der Waals surface area contributed by atoms with Crippen LogP contribution in [0.4, 0.5) is 9.52 Å². The Hall–Kier alpha value is -2.45. The molecule has 0 unspecified atom stereocenters. The number of benzene rings is 2. The monoisotopic (exact) mass is 364 g/mol. The summed E-state index contributed by atoms with van der Waals surface area (Å²) in [6, 6.07) is 11.5. The predicted octanol–water partition coefficient (Wildman–Crippen LogP) is 4.18. The number of ether oxygens (including phenoxy) is 1. The van der Waals surface area contributed by atoms with E-state index in [1.54, 1.807) is 12.3 Å². The standard InChI is InChI=1S/C16H13FN2O3S2/c1-11-10-23-16(18-11)19-24(20,21)15-8-6-14(7-9-15)22-13-4-2-12(17)3-5-13/h2-10H,1H3,(H,18,19). The van der Waals surface area contributed by atoms with Gasteiger partial charge in [0.15, 0.2) is 5.13 Å². The molecule has 5 nitrogen and oxygen atoms in total. The summed E-state index contributed by atoms with van der Waals surface area (Å²) in [7, 11) is -3.70. The molecule has 124 valence electrons. The number of hydrogen-bond donors (Lipinski definition) is 1. The molecule has 0 aliphatic carbocycles. The zero-order valence-electron chi connectivity index (χ0n) is 12.6. The lowest BCUT2D eigenvalue weighted by atomic mass is 10.3. The second-order valence-corrected chi connectivity index (χ2v) is 7.47. The molecule has 0 aliphatic rings. The van der Waals surface area contributed by atoms with Crippen LogP contribution < -0.4 is 9.46 Å². The van der Waals surface area contributed by atoms with Gasteiger partial charge in [0.05, 0.1) is 10.6 Å². The number of nitrogens with one attached hydrogen (secondary N) is 1. The highest BCUT2D eigenvalue weighted by Gasteiger charge is 2.16. The van der Waals surface area contributed by atoms with Crippen LogP contribution in [0.25, 0.3) is 0 Å². The summed E-state index contributed by atoms with van der Waals surface area (Å²) in [5.74, 6) is 0.557. The van der Waals surface area contributed by atoms with Crippen molar-refractivity contribution >= 4 is 26.5 Å². The van der Waals surface area contributed by atoms with E-state index < -0.39 is 10.0 Å². The van der Waals surface area contributed by atoms with Crippen molar-refractivity contribution in [2.24, 2.45) is 0 Å². The van der Waals surface area contributed by atoms with Gasteiger partial charge in [-0.05, 0) is 55.5 Å². The molecule has 8 heteroatoms. The third kappa shape index (κ3) is 3.90. The molecule has 1 N–H and O–H groups in total. The molecule has 1 aromatic heterocycles. The first-order chi connectivity index (χ1) is 11.4. The van der Waals surface area contributed by atoms with Crippen LogP contribution >= 0.6 is 11.3 Å². The number of halogens is 1. The lowest BCUT2D eigenvalue weighted by Crippen LogP contribution is -2.12. The number of rotatable bonds is 5. The largest absolute Gasteiger partial charge is 0.457 e. The molecule has 24 heavy (non-hydrogen) atoms. The van der Waals surface area contributed by atoms with Crippen molar-refractivity contribution in [1.29, 1.82) is 0 Å². The fourth-order valence-electron chi connectivity index (χ4n) is 1.90. The Balaban J connectivity index is 1.74. The Morgan fingerprint density at radius 3 is 2.17 bits per heavy atom. The van der Waals surface area contributed by atoms with Gasteiger partial charge in [-0.15, -0.1) is 11.3 Å². The van der Waals surface area contributed by atoms with Crippen molar-refractivity contribution < 1.29 is 17.5 Å². The number of nitrogens with zero attached hydrogens (tertiary/aromatic N) is 1. The molecule has 0 amide bonds. The molecule has 0 fully saturated rings. The van der Waals surface area contributed by atoms with E-state index in [1.165, 1.54) is 59.9 Å². The van der Waals surface area contributed by atoms with Crippen LogP contribution in [-0.4, -0.2) is 13.4 Å². The summed E-state index contributed by atoms with van der Waals surface area (Å²) >= 11 is 1.22. The third-order valence-corrected chi connectivity index (χ3v) is 5.38. The van der Waals surface area contributed by atoms with Crippen LogP contribution in [0.15, 0.2) is 58.8 Å². The predicted molar refractivity (Wildman–Crippen MR) is 90.6 cm³/mol. The Morgan fingerprint density at radius 2 is 1.62 bits per heavy atom.